The summed E-state index contributed by atoms with van der Waals surface area (Å²) in [6.45, 7) is 0.419. The van der Waals surface area contributed by atoms with E-state index >= 15 is 0 Å². The number of benzene rings is 1. The molecule has 0 bridgehead atoms. The molecule has 0 fully saturated rings. The molecular weight excluding hydrogens is 516 g/mol. The van der Waals surface area contributed by atoms with Gasteiger partial charge >= 0.3 is 11.9 Å². The van der Waals surface area contributed by atoms with E-state index < -0.39 is 79.0 Å². The molecule has 0 spiro atoms. The summed E-state index contributed by atoms with van der Waals surface area (Å²) in [5.74, 6) is -6.46. The zero-order valence-corrected chi connectivity index (χ0v) is 21.3. The number of nitrogens with two attached hydrogens (primary N) is 3. The number of nitrogens with one attached hydrogen (secondary N) is 3. The molecule has 216 valence electrons. The number of carboxylic acid groups (broad SMARTS) is 2. The summed E-state index contributed by atoms with van der Waals surface area (Å²) < 4.78 is 0. The van der Waals surface area contributed by atoms with Gasteiger partial charge in [-0.05, 0) is 43.5 Å². The molecule has 0 saturated heterocycles. The average molecular weight is 553 g/mol. The van der Waals surface area contributed by atoms with E-state index in [2.05, 4.69) is 16.0 Å². The van der Waals surface area contributed by atoms with Crippen molar-refractivity contribution >= 4 is 35.6 Å². The number of hydrogen-bond acceptors (Lipinski definition) is 9. The van der Waals surface area contributed by atoms with Crippen LogP contribution in [0.4, 0.5) is 0 Å². The molecule has 15 nitrogen and oxygen atoms in total. The third-order valence-electron chi connectivity index (χ3n) is 5.61. The molecule has 15 heteroatoms. The van der Waals surface area contributed by atoms with Gasteiger partial charge in [0, 0.05) is 12.8 Å². The zero-order chi connectivity index (χ0) is 29.5. The third kappa shape index (κ3) is 12.7. The summed E-state index contributed by atoms with van der Waals surface area (Å²) in [7, 11) is 0. The molecule has 4 atom stereocenters. The number of rotatable bonds is 18. The second-order valence-corrected chi connectivity index (χ2v) is 8.89. The average Bonchev–Trinajstić information content (AvgIpc) is 2.86. The number of aromatic hydroxyl groups is 1. The molecule has 0 aliphatic rings. The number of carbonyl (C=O) groups is 6. The van der Waals surface area contributed by atoms with E-state index in [-0.39, 0.29) is 12.2 Å². The lowest BCUT2D eigenvalue weighted by Gasteiger charge is -2.25. The highest BCUT2D eigenvalue weighted by molar-refractivity contribution is 5.96. The normalized spacial score (nSPS) is 13.8. The highest BCUT2D eigenvalue weighted by Crippen LogP contribution is 2.12. The van der Waals surface area contributed by atoms with Crippen LogP contribution in [0.5, 0.6) is 5.75 Å². The first-order chi connectivity index (χ1) is 18.3. The number of amides is 4. The summed E-state index contributed by atoms with van der Waals surface area (Å²) in [4.78, 5) is 72.5. The standard InChI is InChI=1S/C24H36N6O9/c25-10-2-1-3-15(26)21(35)29-17(11-13-4-6-14(31)7-5-13)22(36)30-18(12-19(27)32)23(37)28-16(24(38)39)8-9-20(33)34/h4-7,15-18,31H,1-3,8-12,25-26H2,(H2,27,32)(H,28,37)(H,29,35)(H,30,36)(H,33,34)(H,38,39). The van der Waals surface area contributed by atoms with E-state index in [1.54, 1.807) is 0 Å². The van der Waals surface area contributed by atoms with Crippen molar-refractivity contribution in [2.24, 2.45) is 17.2 Å². The Balaban J connectivity index is 3.11. The van der Waals surface area contributed by atoms with Crippen LogP contribution in [-0.4, -0.2) is 81.6 Å². The first kappa shape index (κ1) is 32.8. The predicted octanol–water partition coefficient (Wildman–Crippen LogP) is -2.33. The molecule has 0 aromatic heterocycles. The van der Waals surface area contributed by atoms with Crippen LogP contribution in [0, 0.1) is 0 Å². The van der Waals surface area contributed by atoms with Crippen molar-refractivity contribution in [1.29, 1.82) is 0 Å². The van der Waals surface area contributed by atoms with Gasteiger partial charge in [0.05, 0.1) is 12.5 Å². The summed E-state index contributed by atoms with van der Waals surface area (Å²) in [5.41, 5.74) is 17.1. The van der Waals surface area contributed by atoms with Crippen molar-refractivity contribution in [3.05, 3.63) is 29.8 Å². The topological polar surface area (TPSA) is 277 Å². The lowest BCUT2D eigenvalue weighted by molar-refractivity contribution is -0.143. The predicted molar refractivity (Wildman–Crippen MR) is 137 cm³/mol. The number of carboxylic acids is 2. The molecule has 1 aromatic carbocycles. The molecule has 4 amide bonds. The van der Waals surface area contributed by atoms with Crippen molar-refractivity contribution in [2.45, 2.75) is 69.1 Å². The SMILES string of the molecule is NCCCCC(N)C(=O)NC(Cc1ccc(O)cc1)C(=O)NC(CC(N)=O)C(=O)NC(CCC(=O)O)C(=O)O. The second-order valence-electron chi connectivity index (χ2n) is 8.89. The lowest BCUT2D eigenvalue weighted by Crippen LogP contribution is -2.58. The first-order valence-corrected chi connectivity index (χ1v) is 12.2. The Morgan fingerprint density at radius 2 is 1.36 bits per heavy atom. The van der Waals surface area contributed by atoms with Crippen LogP contribution in [0.1, 0.15) is 44.1 Å². The van der Waals surface area contributed by atoms with Gasteiger partial charge in [-0.1, -0.05) is 18.6 Å². The Kier molecular flexibility index (Phi) is 13.9. The number of aliphatic carboxylic acids is 2. The fourth-order valence-electron chi connectivity index (χ4n) is 3.48. The van der Waals surface area contributed by atoms with Gasteiger partial charge in [0.15, 0.2) is 0 Å². The Morgan fingerprint density at radius 3 is 1.90 bits per heavy atom. The number of phenolic OH excluding ortho intramolecular Hbond substituents is 1. The number of primary amides is 1. The van der Waals surface area contributed by atoms with Gasteiger partial charge in [0.1, 0.15) is 23.9 Å². The Hall–Kier alpha value is -4.24. The van der Waals surface area contributed by atoms with Gasteiger partial charge in [0.2, 0.25) is 23.6 Å². The quantitative estimate of drug-likeness (QED) is 0.0871. The van der Waals surface area contributed by atoms with Crippen LogP contribution in [-0.2, 0) is 35.2 Å². The zero-order valence-electron chi connectivity index (χ0n) is 21.3. The van der Waals surface area contributed by atoms with Crippen LogP contribution in [0.25, 0.3) is 0 Å². The number of hydrogen-bond donors (Lipinski definition) is 9. The molecule has 0 radical (unpaired) electrons. The lowest BCUT2D eigenvalue weighted by atomic mass is 10.0. The molecule has 12 N–H and O–H groups in total. The van der Waals surface area contributed by atoms with Crippen molar-refractivity contribution in [3.63, 3.8) is 0 Å². The van der Waals surface area contributed by atoms with Gasteiger partial charge in [-0.3, -0.25) is 24.0 Å². The smallest absolute Gasteiger partial charge is 0.326 e. The Labute approximate surface area is 224 Å². The minimum Gasteiger partial charge on any atom is -0.508 e. The Morgan fingerprint density at radius 1 is 0.795 bits per heavy atom. The van der Waals surface area contributed by atoms with Gasteiger partial charge < -0.3 is 48.5 Å². The second kappa shape index (κ2) is 16.6. The van der Waals surface area contributed by atoms with Crippen molar-refractivity contribution in [3.8, 4) is 5.75 Å². The maximum atomic E-state index is 13.2. The van der Waals surface area contributed by atoms with E-state index in [1.165, 1.54) is 24.3 Å². The number of unbranched alkanes of at least 4 members (excludes halogenated alkanes) is 1. The molecule has 0 saturated carbocycles. The highest BCUT2D eigenvalue weighted by atomic mass is 16.4. The van der Waals surface area contributed by atoms with E-state index in [0.29, 0.717) is 31.4 Å². The molecule has 0 aliphatic heterocycles. The van der Waals surface area contributed by atoms with Gasteiger partial charge in [-0.25, -0.2) is 4.79 Å². The fraction of sp³-hybridized carbons (Fsp3) is 0.500. The monoisotopic (exact) mass is 552 g/mol. The van der Waals surface area contributed by atoms with Gasteiger partial charge in [0.25, 0.3) is 0 Å². The number of phenols is 1. The van der Waals surface area contributed by atoms with Crippen LogP contribution in [0.3, 0.4) is 0 Å². The first-order valence-electron chi connectivity index (χ1n) is 12.2. The van der Waals surface area contributed by atoms with Gasteiger partial charge in [-0.2, -0.15) is 0 Å². The maximum absolute atomic E-state index is 13.2. The minimum absolute atomic E-state index is 0.0280. The molecule has 1 rings (SSSR count). The number of carbonyl (C=O) groups excluding carboxylic acids is 4. The summed E-state index contributed by atoms with van der Waals surface area (Å²) in [5, 5.41) is 34.6. The minimum atomic E-state index is -1.63. The van der Waals surface area contributed by atoms with Crippen LogP contribution in [0.15, 0.2) is 24.3 Å². The van der Waals surface area contributed by atoms with E-state index in [9.17, 15) is 39.0 Å². The van der Waals surface area contributed by atoms with E-state index in [0.717, 1.165) is 0 Å². The summed E-state index contributed by atoms with van der Waals surface area (Å²) in [6.07, 6.45) is -0.280. The summed E-state index contributed by atoms with van der Waals surface area (Å²) in [6, 6.07) is 0.287. The molecule has 4 unspecified atom stereocenters. The van der Waals surface area contributed by atoms with E-state index in [1.807, 2.05) is 0 Å². The van der Waals surface area contributed by atoms with E-state index in [4.69, 9.17) is 22.3 Å². The van der Waals surface area contributed by atoms with Crippen molar-refractivity contribution < 1.29 is 44.1 Å². The molecular formula is C24H36N6O9. The van der Waals surface area contributed by atoms with Crippen LogP contribution >= 0.6 is 0 Å². The largest absolute Gasteiger partial charge is 0.508 e. The third-order valence-corrected chi connectivity index (χ3v) is 5.61. The van der Waals surface area contributed by atoms with Crippen LogP contribution < -0.4 is 33.2 Å². The highest BCUT2D eigenvalue weighted by Gasteiger charge is 2.31. The summed E-state index contributed by atoms with van der Waals surface area (Å²) >= 11 is 0. The van der Waals surface area contributed by atoms with Crippen LogP contribution in [0.2, 0.25) is 0 Å². The van der Waals surface area contributed by atoms with Crippen molar-refractivity contribution in [2.75, 3.05) is 6.54 Å². The molecule has 39 heavy (non-hydrogen) atoms. The maximum Gasteiger partial charge on any atom is 0.326 e. The molecule has 1 aromatic rings. The molecule has 0 heterocycles. The Bertz CT molecular complexity index is 1020. The van der Waals surface area contributed by atoms with Crippen molar-refractivity contribution in [1.82, 2.24) is 16.0 Å². The fourth-order valence-corrected chi connectivity index (χ4v) is 3.48. The molecule has 0 aliphatic carbocycles. The van der Waals surface area contributed by atoms with Gasteiger partial charge in [-0.15, -0.1) is 0 Å².